The summed E-state index contributed by atoms with van der Waals surface area (Å²) in [6, 6.07) is 0. The molecule has 0 rings (SSSR count). The molecule has 0 aliphatic rings. The Labute approximate surface area is 83.6 Å². The standard InChI is InChI=1S/Fe.Mn.O.Sr.2H/q;;;+2;2*-1. The fourth-order valence-corrected chi connectivity index (χ4v) is 0. The van der Waals surface area contributed by atoms with Crippen LogP contribution in [-0.4, -0.2) is 45.5 Å². The second kappa shape index (κ2) is 18.4. The summed E-state index contributed by atoms with van der Waals surface area (Å²) in [6.45, 7) is 0. The van der Waals surface area contributed by atoms with E-state index in [0.717, 1.165) is 0 Å². The van der Waals surface area contributed by atoms with Crippen LogP contribution in [0.2, 0.25) is 0 Å². The molecule has 0 radical (unpaired) electrons. The van der Waals surface area contributed by atoms with Crippen molar-refractivity contribution < 1.29 is 39.7 Å². The average molecular weight is 216 g/mol. The van der Waals surface area contributed by atoms with E-state index in [1.807, 2.05) is 0 Å². The van der Waals surface area contributed by atoms with Crippen molar-refractivity contribution in [3.05, 3.63) is 0 Å². The molecule has 0 aromatic rings. The van der Waals surface area contributed by atoms with E-state index >= 15 is 0 Å². The van der Waals surface area contributed by atoms with Gasteiger partial charge >= 0.3 is 65.3 Å². The molecule has 0 aliphatic heterocycles. The van der Waals surface area contributed by atoms with Crippen LogP contribution in [0.15, 0.2) is 0 Å². The summed E-state index contributed by atoms with van der Waals surface area (Å²) in [4.78, 5) is 0. The van der Waals surface area contributed by atoms with Crippen LogP contribution in [-0.2, 0) is 36.8 Å². The van der Waals surface area contributed by atoms with Crippen molar-refractivity contribution in [2.24, 2.45) is 0 Å². The molecule has 0 unspecified atom stereocenters. The van der Waals surface area contributed by atoms with Crippen LogP contribution in [0.5, 0.6) is 0 Å². The van der Waals surface area contributed by atoms with Crippen LogP contribution in [0.1, 0.15) is 2.85 Å². The molecule has 0 amide bonds. The smallest absolute Gasteiger partial charge is 2.00 e. The molecule has 0 aromatic heterocycles. The fourth-order valence-electron chi connectivity index (χ4n) is 0. The third-order valence-corrected chi connectivity index (χ3v) is 0. The minimum atomic E-state index is 0. The van der Waals surface area contributed by atoms with Crippen molar-refractivity contribution >= 4 is 45.5 Å². The Balaban J connectivity index is -0.000000000833. The van der Waals surface area contributed by atoms with Crippen molar-refractivity contribution in [1.82, 2.24) is 0 Å². The van der Waals surface area contributed by atoms with E-state index < -0.39 is 0 Å². The first-order valence-corrected chi connectivity index (χ1v) is 0.636. The van der Waals surface area contributed by atoms with Gasteiger partial charge in [0, 0.05) is 17.1 Å². The minimum absolute atomic E-state index is 0. The fraction of sp³-hybridized carbons (Fsp3) is 0. The van der Waals surface area contributed by atoms with Gasteiger partial charge in [0.15, 0.2) is 0 Å². The molecule has 0 bridgehead atoms. The SMILES string of the molecule is [Fe].[H-].[H-].[O]=[Mn].[Sr+2]. The summed E-state index contributed by atoms with van der Waals surface area (Å²) < 4.78 is 8.06. The van der Waals surface area contributed by atoms with E-state index in [9.17, 15) is 0 Å². The molecule has 0 N–H and O–H groups in total. The van der Waals surface area contributed by atoms with E-state index in [4.69, 9.17) is 3.83 Å². The zero-order valence-electron chi connectivity index (χ0n) is 3.85. The maximum Gasteiger partial charge on any atom is 2.00 e. The van der Waals surface area contributed by atoms with Gasteiger partial charge in [-0.25, -0.2) is 0 Å². The van der Waals surface area contributed by atoms with Gasteiger partial charge in [-0.05, 0) is 0 Å². The van der Waals surface area contributed by atoms with Gasteiger partial charge in [0.25, 0.3) is 0 Å². The Morgan fingerprint density at radius 3 is 1.50 bits per heavy atom. The summed E-state index contributed by atoms with van der Waals surface area (Å²) in [5.74, 6) is 0. The monoisotopic (exact) mass is 217 g/mol. The van der Waals surface area contributed by atoms with Crippen LogP contribution in [0, 0.1) is 0 Å². The minimum Gasteiger partial charge on any atom is 2.00 e. The number of hydrogen-bond acceptors (Lipinski definition) is 1. The topological polar surface area (TPSA) is 17.1 Å². The third kappa shape index (κ3) is 8.85. The molecular formula is H2FeMnOSr. The van der Waals surface area contributed by atoms with Crippen molar-refractivity contribution in [2.45, 2.75) is 0 Å². The van der Waals surface area contributed by atoms with Gasteiger partial charge < -0.3 is 2.85 Å². The first-order chi connectivity index (χ1) is 1.00. The Kier molecular flexibility index (Phi) is 74.8. The molecule has 0 fully saturated rings. The van der Waals surface area contributed by atoms with E-state index in [1.165, 1.54) is 0 Å². The van der Waals surface area contributed by atoms with E-state index in [-0.39, 0.29) is 65.4 Å². The van der Waals surface area contributed by atoms with Crippen molar-refractivity contribution in [3.8, 4) is 0 Å². The second-order valence-electron chi connectivity index (χ2n) is 0. The summed E-state index contributed by atoms with van der Waals surface area (Å²) in [7, 11) is 0. The normalized spacial score (nSPS) is 1.00. The largest absolute Gasteiger partial charge is 2.00 e. The van der Waals surface area contributed by atoms with Crippen molar-refractivity contribution in [1.29, 1.82) is 0 Å². The second-order valence-corrected chi connectivity index (χ2v) is 0. The van der Waals surface area contributed by atoms with E-state index in [0.29, 0.717) is 0 Å². The zero-order chi connectivity index (χ0) is 2.00. The Hall–Kier alpha value is 2.32. The summed E-state index contributed by atoms with van der Waals surface area (Å²) in [5, 5.41) is 0. The van der Waals surface area contributed by atoms with Gasteiger partial charge in [-0.15, -0.1) is 0 Å². The third-order valence-electron chi connectivity index (χ3n) is 0. The van der Waals surface area contributed by atoms with Crippen LogP contribution in [0.25, 0.3) is 0 Å². The van der Waals surface area contributed by atoms with Crippen LogP contribution in [0.3, 0.4) is 0 Å². The van der Waals surface area contributed by atoms with Gasteiger partial charge in [-0.2, -0.15) is 0 Å². The van der Waals surface area contributed by atoms with Crippen LogP contribution >= 0.6 is 0 Å². The van der Waals surface area contributed by atoms with Crippen molar-refractivity contribution in [3.63, 3.8) is 0 Å². The Bertz CT molecular complexity index is 13.5. The number of hydrogen-bond donors (Lipinski definition) is 0. The molecule has 4 heavy (non-hydrogen) atoms. The van der Waals surface area contributed by atoms with Gasteiger partial charge in [0.05, 0.1) is 0 Å². The first-order valence-electron chi connectivity index (χ1n) is 0.154. The molecule has 0 saturated carbocycles. The van der Waals surface area contributed by atoms with Crippen LogP contribution < -0.4 is 0 Å². The molecule has 0 aromatic carbocycles. The molecular weight excluding hydrogens is 214 g/mol. The maximum atomic E-state index is 8.06. The van der Waals surface area contributed by atoms with Gasteiger partial charge in [-0.1, -0.05) is 0 Å². The molecule has 1 nitrogen and oxygen atoms in total. The van der Waals surface area contributed by atoms with Gasteiger partial charge in [0.2, 0.25) is 0 Å². The Morgan fingerprint density at radius 2 is 1.50 bits per heavy atom. The Morgan fingerprint density at radius 1 is 1.50 bits per heavy atom. The summed E-state index contributed by atoms with van der Waals surface area (Å²) in [6.07, 6.45) is 0. The maximum absolute atomic E-state index is 8.06. The molecule has 0 aliphatic carbocycles. The predicted octanol–water partition coefficient (Wildman–Crippen LogP) is -0.280. The molecule has 0 saturated heterocycles. The molecule has 25 valence electrons. The molecule has 0 spiro atoms. The molecule has 4 heteroatoms. The number of rotatable bonds is 0. The first kappa shape index (κ1) is 16.2. The quantitative estimate of drug-likeness (QED) is 0.509. The molecule has 0 atom stereocenters. The van der Waals surface area contributed by atoms with E-state index in [1.54, 1.807) is 15.9 Å². The summed E-state index contributed by atoms with van der Waals surface area (Å²) >= 11 is 1.69. The van der Waals surface area contributed by atoms with Crippen LogP contribution in [0.4, 0.5) is 0 Å². The van der Waals surface area contributed by atoms with Gasteiger partial charge in [0.1, 0.15) is 0 Å². The zero-order valence-corrected chi connectivity index (χ0v) is 7.61. The van der Waals surface area contributed by atoms with Crippen molar-refractivity contribution in [2.75, 3.05) is 0 Å². The molecule has 0 heterocycles. The summed E-state index contributed by atoms with van der Waals surface area (Å²) in [5.41, 5.74) is 0. The van der Waals surface area contributed by atoms with E-state index in [2.05, 4.69) is 0 Å². The van der Waals surface area contributed by atoms with Gasteiger partial charge in [-0.3, -0.25) is 0 Å². The predicted molar refractivity (Wildman–Crippen MR) is 8.66 cm³/mol. The average Bonchev–Trinajstić information content (AvgIpc) is 1.00.